The number of nitrogens with one attached hydrogen (secondary N) is 2. The van der Waals surface area contributed by atoms with Crippen LogP contribution in [0.2, 0.25) is 0 Å². The molecule has 4 amide bonds. The zero-order valence-corrected chi connectivity index (χ0v) is 16.1. The number of esters is 1. The van der Waals surface area contributed by atoms with Crippen molar-refractivity contribution >= 4 is 41.0 Å². The highest BCUT2D eigenvalue weighted by atomic mass is 16.5. The van der Waals surface area contributed by atoms with Crippen LogP contribution in [0.1, 0.15) is 32.6 Å². The van der Waals surface area contributed by atoms with Crippen molar-refractivity contribution in [2.45, 2.75) is 32.6 Å². The molecule has 1 aromatic rings. The molecule has 1 aliphatic heterocycles. The van der Waals surface area contributed by atoms with E-state index >= 15 is 0 Å². The van der Waals surface area contributed by atoms with Crippen molar-refractivity contribution in [1.82, 2.24) is 4.90 Å². The molecule has 2 atom stereocenters. The van der Waals surface area contributed by atoms with Gasteiger partial charge in [-0.15, -0.1) is 0 Å². The zero-order chi connectivity index (χ0) is 21.0. The van der Waals surface area contributed by atoms with E-state index in [-0.39, 0.29) is 29.6 Å². The van der Waals surface area contributed by atoms with Gasteiger partial charge in [0.25, 0.3) is 5.91 Å². The van der Waals surface area contributed by atoms with E-state index in [4.69, 9.17) is 4.74 Å². The summed E-state index contributed by atoms with van der Waals surface area (Å²) in [7, 11) is 0. The Bertz CT molecular complexity index is 811. The van der Waals surface area contributed by atoms with E-state index in [1.807, 2.05) is 0 Å². The van der Waals surface area contributed by atoms with Crippen LogP contribution in [-0.2, 0) is 28.7 Å². The fourth-order valence-corrected chi connectivity index (χ4v) is 3.74. The third-order valence-electron chi connectivity index (χ3n) is 5.07. The van der Waals surface area contributed by atoms with Crippen LogP contribution >= 0.6 is 0 Å². The third-order valence-corrected chi connectivity index (χ3v) is 5.07. The van der Waals surface area contributed by atoms with Crippen LogP contribution < -0.4 is 10.6 Å². The molecule has 3 rings (SSSR count). The minimum Gasteiger partial charge on any atom is -0.454 e. The van der Waals surface area contributed by atoms with E-state index in [1.165, 1.54) is 6.92 Å². The first-order valence-corrected chi connectivity index (χ1v) is 9.53. The van der Waals surface area contributed by atoms with Gasteiger partial charge < -0.3 is 15.4 Å². The Morgan fingerprint density at radius 2 is 1.48 bits per heavy atom. The monoisotopic (exact) mass is 401 g/mol. The Kier molecular flexibility index (Phi) is 6.26. The van der Waals surface area contributed by atoms with Gasteiger partial charge in [0, 0.05) is 18.3 Å². The van der Waals surface area contributed by atoms with Crippen LogP contribution in [0.3, 0.4) is 0 Å². The third kappa shape index (κ3) is 4.98. The minimum absolute atomic E-state index is 0.206. The van der Waals surface area contributed by atoms with E-state index in [0.717, 1.165) is 17.7 Å². The summed E-state index contributed by atoms with van der Waals surface area (Å²) in [4.78, 5) is 60.6. The predicted octanol–water partition coefficient (Wildman–Crippen LogP) is 1.30. The Balaban J connectivity index is 1.45. The number of imide groups is 1. The molecule has 0 unspecified atom stereocenters. The normalized spacial score (nSPS) is 20.8. The number of rotatable bonds is 6. The summed E-state index contributed by atoms with van der Waals surface area (Å²) >= 11 is 0. The smallest absolute Gasteiger partial charge is 0.326 e. The van der Waals surface area contributed by atoms with Gasteiger partial charge in [-0.1, -0.05) is 12.8 Å². The van der Waals surface area contributed by atoms with Gasteiger partial charge in [0.05, 0.1) is 11.8 Å². The highest BCUT2D eigenvalue weighted by Crippen LogP contribution is 2.37. The SMILES string of the molecule is CC(=O)Nc1ccc(NC(=O)COC(=O)CN2C(=O)[C@H]3CCCC[C@@H]3C2=O)cc1. The first-order chi connectivity index (χ1) is 13.8. The molecular formula is C20H23N3O6. The van der Waals surface area contributed by atoms with Crippen LogP contribution in [0.4, 0.5) is 11.4 Å². The molecule has 154 valence electrons. The van der Waals surface area contributed by atoms with Gasteiger partial charge in [-0.2, -0.15) is 0 Å². The number of likely N-dealkylation sites (tertiary alicyclic amines) is 1. The molecule has 2 aliphatic rings. The number of fused-ring (bicyclic) bond motifs is 1. The number of hydrogen-bond donors (Lipinski definition) is 2. The topological polar surface area (TPSA) is 122 Å². The fraction of sp³-hybridized carbons (Fsp3) is 0.450. The molecule has 1 heterocycles. The summed E-state index contributed by atoms with van der Waals surface area (Å²) in [5, 5.41) is 5.16. The van der Waals surface area contributed by atoms with Crippen molar-refractivity contribution in [2.75, 3.05) is 23.8 Å². The van der Waals surface area contributed by atoms with Crippen molar-refractivity contribution in [3.63, 3.8) is 0 Å². The van der Waals surface area contributed by atoms with Crippen molar-refractivity contribution in [3.05, 3.63) is 24.3 Å². The number of nitrogens with zero attached hydrogens (tertiary/aromatic N) is 1. The lowest BCUT2D eigenvalue weighted by molar-refractivity contribution is -0.154. The summed E-state index contributed by atoms with van der Waals surface area (Å²) in [5.41, 5.74) is 1.05. The summed E-state index contributed by atoms with van der Waals surface area (Å²) in [5.74, 6) is -2.86. The summed E-state index contributed by atoms with van der Waals surface area (Å²) in [6.07, 6.45) is 3.16. The Morgan fingerprint density at radius 3 is 2.00 bits per heavy atom. The van der Waals surface area contributed by atoms with Gasteiger partial charge in [-0.3, -0.25) is 28.9 Å². The second-order valence-electron chi connectivity index (χ2n) is 7.23. The van der Waals surface area contributed by atoms with Crippen molar-refractivity contribution in [3.8, 4) is 0 Å². The summed E-state index contributed by atoms with van der Waals surface area (Å²) in [6, 6.07) is 6.42. The number of carbonyl (C=O) groups is 5. The van der Waals surface area contributed by atoms with Crippen LogP contribution in [0.15, 0.2) is 24.3 Å². The molecule has 2 fully saturated rings. The van der Waals surface area contributed by atoms with E-state index < -0.39 is 25.0 Å². The number of benzene rings is 1. The van der Waals surface area contributed by atoms with Crippen LogP contribution in [0.25, 0.3) is 0 Å². The van der Waals surface area contributed by atoms with Crippen LogP contribution in [0.5, 0.6) is 0 Å². The summed E-state index contributed by atoms with van der Waals surface area (Å²) < 4.78 is 4.91. The molecule has 1 aliphatic carbocycles. The maximum absolute atomic E-state index is 12.4. The molecule has 2 N–H and O–H groups in total. The lowest BCUT2D eigenvalue weighted by Crippen LogP contribution is -2.37. The minimum atomic E-state index is -0.804. The lowest BCUT2D eigenvalue weighted by Gasteiger charge is -2.19. The quantitative estimate of drug-likeness (QED) is 0.547. The molecule has 0 aromatic heterocycles. The number of carbonyl (C=O) groups excluding carboxylic acids is 5. The second kappa shape index (κ2) is 8.85. The highest BCUT2D eigenvalue weighted by molar-refractivity contribution is 6.07. The molecule has 29 heavy (non-hydrogen) atoms. The molecule has 9 heteroatoms. The Hall–Kier alpha value is -3.23. The number of ether oxygens (including phenoxy) is 1. The Labute approximate surface area is 167 Å². The standard InChI is InChI=1S/C20H23N3O6/c1-12(24)21-13-6-8-14(9-7-13)22-17(25)11-29-18(26)10-23-19(27)15-4-2-3-5-16(15)20(23)28/h6-9,15-16H,2-5,10-11H2,1H3,(H,21,24)(H,22,25)/t15-,16-/m0/s1. The van der Waals surface area contributed by atoms with E-state index in [2.05, 4.69) is 10.6 Å². The van der Waals surface area contributed by atoms with Gasteiger partial charge in [0.1, 0.15) is 6.54 Å². The summed E-state index contributed by atoms with van der Waals surface area (Å²) in [6.45, 7) is 0.389. The fourth-order valence-electron chi connectivity index (χ4n) is 3.74. The average Bonchev–Trinajstić information content (AvgIpc) is 2.93. The van der Waals surface area contributed by atoms with Gasteiger partial charge in [0.15, 0.2) is 6.61 Å². The predicted molar refractivity (Wildman–Crippen MR) is 103 cm³/mol. The van der Waals surface area contributed by atoms with Crippen molar-refractivity contribution < 1.29 is 28.7 Å². The van der Waals surface area contributed by atoms with Gasteiger partial charge in [0.2, 0.25) is 17.7 Å². The van der Waals surface area contributed by atoms with Gasteiger partial charge >= 0.3 is 5.97 Å². The van der Waals surface area contributed by atoms with Crippen molar-refractivity contribution in [2.24, 2.45) is 11.8 Å². The molecule has 0 spiro atoms. The second-order valence-corrected chi connectivity index (χ2v) is 7.23. The van der Waals surface area contributed by atoms with Crippen LogP contribution in [-0.4, -0.2) is 47.6 Å². The largest absolute Gasteiger partial charge is 0.454 e. The molecule has 1 saturated heterocycles. The number of anilines is 2. The Morgan fingerprint density at radius 1 is 0.966 bits per heavy atom. The van der Waals surface area contributed by atoms with Gasteiger partial charge in [-0.05, 0) is 37.1 Å². The molecule has 9 nitrogen and oxygen atoms in total. The van der Waals surface area contributed by atoms with Gasteiger partial charge in [-0.25, -0.2) is 0 Å². The van der Waals surface area contributed by atoms with E-state index in [1.54, 1.807) is 24.3 Å². The number of hydrogen-bond acceptors (Lipinski definition) is 6. The van der Waals surface area contributed by atoms with E-state index in [9.17, 15) is 24.0 Å². The maximum atomic E-state index is 12.4. The molecule has 0 bridgehead atoms. The maximum Gasteiger partial charge on any atom is 0.326 e. The van der Waals surface area contributed by atoms with E-state index in [0.29, 0.717) is 24.2 Å². The first kappa shape index (κ1) is 20.5. The lowest BCUT2D eigenvalue weighted by atomic mass is 9.81. The zero-order valence-electron chi connectivity index (χ0n) is 16.1. The molecule has 0 radical (unpaired) electrons. The highest BCUT2D eigenvalue weighted by Gasteiger charge is 2.48. The van der Waals surface area contributed by atoms with Crippen LogP contribution in [0, 0.1) is 11.8 Å². The first-order valence-electron chi connectivity index (χ1n) is 9.53. The molecule has 1 saturated carbocycles. The molecular weight excluding hydrogens is 378 g/mol. The van der Waals surface area contributed by atoms with Crippen molar-refractivity contribution in [1.29, 1.82) is 0 Å². The number of amides is 4. The molecule has 1 aromatic carbocycles. The average molecular weight is 401 g/mol.